The van der Waals surface area contributed by atoms with Crippen LogP contribution in [0.4, 0.5) is 4.79 Å². The lowest BCUT2D eigenvalue weighted by atomic mass is 9.92. The van der Waals surface area contributed by atoms with Crippen LogP contribution in [0, 0.1) is 5.92 Å². The molecule has 61 heavy (non-hydrogen) atoms. The Morgan fingerprint density at radius 2 is 1.64 bits per heavy atom. The molecule has 4 atom stereocenters. The molecular formula is C46H48N8O7. The van der Waals surface area contributed by atoms with Crippen molar-refractivity contribution in [3.8, 4) is 28.1 Å². The molecule has 0 radical (unpaired) electrons. The number of imidazole rings is 2. The molecule has 5 N–H and O–H groups in total. The summed E-state index contributed by atoms with van der Waals surface area (Å²) in [6.45, 7) is 4.54. The Balaban J connectivity index is 0.954. The van der Waals surface area contributed by atoms with Gasteiger partial charge in [-0.05, 0) is 83.5 Å². The number of fused-ring (bicyclic) bond motifs is 6. The number of alkyl carbamates (subject to hydrolysis) is 1. The van der Waals surface area contributed by atoms with Crippen molar-refractivity contribution in [3.63, 3.8) is 0 Å². The number of carbonyl (C=O) groups excluding carboxylic acids is 4. The number of carbonyl (C=O) groups is 4. The lowest BCUT2D eigenvalue weighted by Gasteiger charge is -2.30. The summed E-state index contributed by atoms with van der Waals surface area (Å²) in [6.07, 6.45) is 4.21. The number of ether oxygens (including phenoxy) is 2. The van der Waals surface area contributed by atoms with Crippen molar-refractivity contribution in [2.75, 3.05) is 26.8 Å². The first-order chi connectivity index (χ1) is 29.6. The van der Waals surface area contributed by atoms with Gasteiger partial charge in [0, 0.05) is 24.0 Å². The van der Waals surface area contributed by atoms with Crippen LogP contribution in [-0.4, -0.2) is 91.5 Å². The predicted molar refractivity (Wildman–Crippen MR) is 227 cm³/mol. The average molecular weight is 825 g/mol. The first kappa shape index (κ1) is 39.7. The van der Waals surface area contributed by atoms with Crippen molar-refractivity contribution in [1.29, 1.82) is 0 Å². The van der Waals surface area contributed by atoms with Gasteiger partial charge < -0.3 is 45.0 Å². The van der Waals surface area contributed by atoms with Gasteiger partial charge >= 0.3 is 6.09 Å². The molecule has 15 nitrogen and oxygen atoms in total. The number of aromatic nitrogens is 4. The molecule has 4 aromatic carbocycles. The van der Waals surface area contributed by atoms with Crippen LogP contribution in [0.5, 0.6) is 5.75 Å². The Morgan fingerprint density at radius 3 is 2.38 bits per heavy atom. The summed E-state index contributed by atoms with van der Waals surface area (Å²) < 4.78 is 11.3. The van der Waals surface area contributed by atoms with Gasteiger partial charge in [0.15, 0.2) is 0 Å². The Bertz CT molecular complexity index is 2660. The highest BCUT2D eigenvalue weighted by Crippen LogP contribution is 2.43. The van der Waals surface area contributed by atoms with Crippen LogP contribution < -0.4 is 15.4 Å². The number of hydrogen-bond acceptors (Lipinski definition) is 9. The zero-order valence-electron chi connectivity index (χ0n) is 34.2. The SMILES string of the molecule is COC(=O)N[C@@H](C(=O)N1CCCC1c1ncc(-c2ccc3c(c2)COc2cc4c(ccc5[nH]c([C@@H]6CCCN6C(=O)[C@@H](NC(=O)CO)C(C)C)nc54)cc2-3)[nH]1)c1ccccc1. The van der Waals surface area contributed by atoms with Crippen molar-refractivity contribution < 1.29 is 33.8 Å². The van der Waals surface area contributed by atoms with E-state index in [9.17, 15) is 24.3 Å². The molecule has 2 saturated heterocycles. The fraction of sp³-hybridized carbons (Fsp3) is 0.348. The molecule has 5 heterocycles. The number of H-pyrrole nitrogens is 2. The fourth-order valence-corrected chi connectivity index (χ4v) is 9.10. The summed E-state index contributed by atoms with van der Waals surface area (Å²) >= 11 is 0. The van der Waals surface area contributed by atoms with Crippen molar-refractivity contribution >= 4 is 45.6 Å². The number of likely N-dealkylation sites (tertiary alicyclic amines) is 2. The molecule has 2 aromatic heterocycles. The van der Waals surface area contributed by atoms with E-state index in [1.54, 1.807) is 16.0 Å². The van der Waals surface area contributed by atoms with Crippen molar-refractivity contribution in [3.05, 3.63) is 102 Å². The van der Waals surface area contributed by atoms with Crippen molar-refractivity contribution in [1.82, 2.24) is 40.4 Å². The van der Waals surface area contributed by atoms with Crippen LogP contribution in [0.1, 0.15) is 80.4 Å². The molecule has 9 rings (SSSR count). The molecular weight excluding hydrogens is 777 g/mol. The monoisotopic (exact) mass is 824 g/mol. The molecule has 4 amide bonds. The number of aliphatic hydroxyl groups excluding tert-OH is 1. The maximum atomic E-state index is 14.0. The van der Waals surface area contributed by atoms with Gasteiger partial charge in [-0.25, -0.2) is 14.8 Å². The van der Waals surface area contributed by atoms with Gasteiger partial charge in [-0.15, -0.1) is 0 Å². The molecule has 15 heteroatoms. The van der Waals surface area contributed by atoms with Gasteiger partial charge in [0.25, 0.3) is 5.91 Å². The quantitative estimate of drug-likeness (QED) is 0.107. The summed E-state index contributed by atoms with van der Waals surface area (Å²) in [4.78, 5) is 72.4. The highest BCUT2D eigenvalue weighted by atomic mass is 16.5. The van der Waals surface area contributed by atoms with E-state index < -0.39 is 30.7 Å². The van der Waals surface area contributed by atoms with E-state index >= 15 is 0 Å². The molecule has 314 valence electrons. The number of benzene rings is 4. The lowest BCUT2D eigenvalue weighted by Crippen LogP contribution is -2.51. The van der Waals surface area contributed by atoms with Gasteiger partial charge in [-0.3, -0.25) is 14.4 Å². The van der Waals surface area contributed by atoms with E-state index in [-0.39, 0.29) is 29.8 Å². The minimum absolute atomic E-state index is 0.157. The largest absolute Gasteiger partial charge is 0.488 e. The minimum Gasteiger partial charge on any atom is -0.488 e. The number of methoxy groups -OCH3 is 1. The topological polar surface area (TPSA) is 195 Å². The van der Waals surface area contributed by atoms with Gasteiger partial charge in [0.05, 0.1) is 42.1 Å². The first-order valence-corrected chi connectivity index (χ1v) is 20.8. The van der Waals surface area contributed by atoms with Crippen LogP contribution >= 0.6 is 0 Å². The third-order valence-electron chi connectivity index (χ3n) is 12.2. The highest BCUT2D eigenvalue weighted by Gasteiger charge is 2.39. The molecule has 0 bridgehead atoms. The number of rotatable bonds is 10. The summed E-state index contributed by atoms with van der Waals surface area (Å²) in [6, 6.07) is 21.5. The standard InChI is InChI=1S/C46H48N8O7/c1-25(2)39(50-38(56)23-55)44(57)54-18-8-12-36(54)43-48-33-16-14-27-20-32-30-15-13-28(19-29(30)24-61-37(32)21-31(27)41(33)51-43)34-22-47-42(49-34)35-11-7-17-53(35)45(58)40(52-46(59)60-3)26-9-5-4-6-10-26/h4-6,9-10,13-16,19-22,25,35-36,39-40,55H,7-8,11-12,17-18,23-24H2,1-3H3,(H,47,49)(H,48,51)(H,50,56)(H,52,59)/t35?,36-,39-,40+/m0/s1. The summed E-state index contributed by atoms with van der Waals surface area (Å²) in [5, 5.41) is 16.7. The first-order valence-electron chi connectivity index (χ1n) is 20.8. The number of aromatic amines is 2. The molecule has 0 saturated carbocycles. The van der Waals surface area contributed by atoms with Crippen LogP contribution in [0.3, 0.4) is 0 Å². The smallest absolute Gasteiger partial charge is 0.407 e. The normalized spacial score (nSPS) is 18.1. The molecule has 0 aliphatic carbocycles. The van der Waals surface area contributed by atoms with E-state index in [1.807, 2.05) is 56.3 Å². The van der Waals surface area contributed by atoms with Gasteiger partial charge in [-0.2, -0.15) is 0 Å². The number of amides is 4. The summed E-state index contributed by atoms with van der Waals surface area (Å²) in [7, 11) is 1.28. The van der Waals surface area contributed by atoms with E-state index in [1.165, 1.54) is 7.11 Å². The number of nitrogens with zero attached hydrogens (tertiary/aromatic N) is 4. The molecule has 0 spiro atoms. The number of hydrogen-bond donors (Lipinski definition) is 5. The van der Waals surface area contributed by atoms with Gasteiger partial charge in [0.2, 0.25) is 11.8 Å². The molecule has 3 aliphatic rings. The highest BCUT2D eigenvalue weighted by molar-refractivity contribution is 6.07. The number of nitrogens with one attached hydrogen (secondary N) is 4. The van der Waals surface area contributed by atoms with E-state index in [2.05, 4.69) is 50.9 Å². The molecule has 6 aromatic rings. The Hall–Kier alpha value is -6.74. The van der Waals surface area contributed by atoms with Crippen LogP contribution in [-0.2, 0) is 25.7 Å². The van der Waals surface area contributed by atoms with Crippen LogP contribution in [0.25, 0.3) is 44.2 Å². The third kappa shape index (κ3) is 7.43. The maximum Gasteiger partial charge on any atom is 0.407 e. The minimum atomic E-state index is -0.897. The Labute approximate surface area is 351 Å². The number of aliphatic hydroxyl groups is 1. The molecule has 3 aliphatic heterocycles. The fourth-order valence-electron chi connectivity index (χ4n) is 9.10. The summed E-state index contributed by atoms with van der Waals surface area (Å²) in [5.41, 5.74) is 7.16. The Morgan fingerprint density at radius 1 is 0.885 bits per heavy atom. The average Bonchev–Trinajstić information content (AvgIpc) is 4.13. The zero-order chi connectivity index (χ0) is 42.4. The van der Waals surface area contributed by atoms with Gasteiger partial charge in [-0.1, -0.05) is 62.4 Å². The predicted octanol–water partition coefficient (Wildman–Crippen LogP) is 6.22. The van der Waals surface area contributed by atoms with Crippen molar-refractivity contribution in [2.24, 2.45) is 5.92 Å². The van der Waals surface area contributed by atoms with Crippen LogP contribution in [0.2, 0.25) is 0 Å². The van der Waals surface area contributed by atoms with Gasteiger partial charge in [0.1, 0.15) is 42.7 Å². The molecule has 2 fully saturated rings. The second kappa shape index (κ2) is 16.4. The lowest BCUT2D eigenvalue weighted by molar-refractivity contribution is -0.139. The summed E-state index contributed by atoms with van der Waals surface area (Å²) in [5.74, 6) is 0.996. The van der Waals surface area contributed by atoms with Crippen molar-refractivity contribution in [2.45, 2.75) is 70.3 Å². The third-order valence-corrected chi connectivity index (χ3v) is 12.2. The maximum absolute atomic E-state index is 14.0. The van der Waals surface area contributed by atoms with Crippen LogP contribution in [0.15, 0.2) is 79.0 Å². The van der Waals surface area contributed by atoms with E-state index in [4.69, 9.17) is 19.4 Å². The second-order valence-corrected chi connectivity index (χ2v) is 16.3. The Kier molecular flexibility index (Phi) is 10.7. The van der Waals surface area contributed by atoms with E-state index in [0.717, 1.165) is 81.2 Å². The second-order valence-electron chi connectivity index (χ2n) is 16.3. The van der Waals surface area contributed by atoms with E-state index in [0.29, 0.717) is 36.9 Å². The zero-order valence-corrected chi connectivity index (χ0v) is 34.2. The molecule has 1 unspecified atom stereocenters.